The molecule has 0 bridgehead atoms. The van der Waals surface area contributed by atoms with Gasteiger partial charge in [0.25, 0.3) is 0 Å². The zero-order valence-corrected chi connectivity index (χ0v) is 11.5. The Balaban J connectivity index is 1.97. The van der Waals surface area contributed by atoms with Gasteiger partial charge in [-0.1, -0.05) is 13.0 Å². The number of ether oxygens (including phenoxy) is 1. The van der Waals surface area contributed by atoms with E-state index in [9.17, 15) is 5.11 Å². The predicted octanol–water partition coefficient (Wildman–Crippen LogP) is 3.73. The van der Waals surface area contributed by atoms with E-state index in [-0.39, 0.29) is 5.75 Å². The molecule has 19 heavy (non-hydrogen) atoms. The highest BCUT2D eigenvalue weighted by atomic mass is 16.5. The Bertz CT molecular complexity index is 529. The van der Waals surface area contributed by atoms with Gasteiger partial charge in [-0.15, -0.1) is 0 Å². The topological polar surface area (TPSA) is 42.6 Å². The molecule has 3 heteroatoms. The van der Waals surface area contributed by atoms with E-state index in [2.05, 4.69) is 13.0 Å². The molecule has 1 N–H and O–H groups in total. The van der Waals surface area contributed by atoms with E-state index in [0.29, 0.717) is 5.75 Å². The van der Waals surface area contributed by atoms with E-state index in [4.69, 9.17) is 9.15 Å². The smallest absolute Gasteiger partial charge is 0.160 e. The van der Waals surface area contributed by atoms with Crippen LogP contribution in [0.1, 0.15) is 30.4 Å². The molecule has 0 unspecified atom stereocenters. The van der Waals surface area contributed by atoms with E-state index in [1.807, 2.05) is 18.2 Å². The van der Waals surface area contributed by atoms with Crippen LogP contribution < -0.4 is 4.74 Å². The van der Waals surface area contributed by atoms with Crippen molar-refractivity contribution in [3.8, 4) is 11.5 Å². The number of hydrogen-bond donors (Lipinski definition) is 1. The number of phenolic OH excluding ortho intramolecular Hbond substituents is 1. The Kier molecular flexibility index (Phi) is 4.50. The lowest BCUT2D eigenvalue weighted by molar-refractivity contribution is 0.373. The second kappa shape index (κ2) is 6.32. The zero-order valence-electron chi connectivity index (χ0n) is 11.5. The second-order valence-electron chi connectivity index (χ2n) is 4.62. The molecule has 0 aliphatic rings. The quantitative estimate of drug-likeness (QED) is 0.860. The van der Waals surface area contributed by atoms with Crippen molar-refractivity contribution < 1.29 is 14.3 Å². The van der Waals surface area contributed by atoms with Crippen LogP contribution in [0.2, 0.25) is 0 Å². The Labute approximate surface area is 113 Å². The van der Waals surface area contributed by atoms with E-state index < -0.39 is 0 Å². The summed E-state index contributed by atoms with van der Waals surface area (Å²) in [5.74, 6) is 2.76. The second-order valence-corrected chi connectivity index (χ2v) is 4.62. The summed E-state index contributed by atoms with van der Waals surface area (Å²) >= 11 is 0. The fourth-order valence-corrected chi connectivity index (χ4v) is 2.08. The first-order valence-corrected chi connectivity index (χ1v) is 6.66. The van der Waals surface area contributed by atoms with Crippen molar-refractivity contribution in [3.63, 3.8) is 0 Å². The van der Waals surface area contributed by atoms with Gasteiger partial charge >= 0.3 is 0 Å². The van der Waals surface area contributed by atoms with Gasteiger partial charge in [-0.05, 0) is 42.7 Å². The highest BCUT2D eigenvalue weighted by Gasteiger charge is 2.05. The highest BCUT2D eigenvalue weighted by Crippen LogP contribution is 2.26. The summed E-state index contributed by atoms with van der Waals surface area (Å²) < 4.78 is 10.8. The number of phenols is 1. The first-order chi connectivity index (χ1) is 9.22. The largest absolute Gasteiger partial charge is 0.504 e. The molecule has 3 nitrogen and oxygen atoms in total. The fourth-order valence-electron chi connectivity index (χ4n) is 2.08. The van der Waals surface area contributed by atoms with Crippen LogP contribution in [-0.4, -0.2) is 12.2 Å². The first-order valence-electron chi connectivity index (χ1n) is 6.66. The van der Waals surface area contributed by atoms with Crippen LogP contribution >= 0.6 is 0 Å². The average molecular weight is 260 g/mol. The molecular weight excluding hydrogens is 240 g/mol. The third-order valence-corrected chi connectivity index (χ3v) is 3.12. The average Bonchev–Trinajstić information content (AvgIpc) is 2.86. The number of aromatic hydroxyl groups is 1. The fraction of sp³-hybridized carbons (Fsp3) is 0.375. The molecule has 2 rings (SSSR count). The number of methoxy groups -OCH3 is 1. The van der Waals surface area contributed by atoms with Gasteiger partial charge in [0.15, 0.2) is 11.5 Å². The molecule has 1 heterocycles. The molecule has 102 valence electrons. The van der Waals surface area contributed by atoms with Crippen molar-refractivity contribution in [1.82, 2.24) is 0 Å². The molecule has 0 amide bonds. The number of rotatable bonds is 6. The van der Waals surface area contributed by atoms with Crippen molar-refractivity contribution in [2.24, 2.45) is 0 Å². The molecule has 2 aromatic rings. The van der Waals surface area contributed by atoms with Crippen LogP contribution in [0.25, 0.3) is 0 Å². The molecule has 0 spiro atoms. The summed E-state index contributed by atoms with van der Waals surface area (Å²) in [5, 5.41) is 9.54. The van der Waals surface area contributed by atoms with E-state index in [1.165, 1.54) is 0 Å². The molecule has 0 atom stereocenters. The van der Waals surface area contributed by atoms with Gasteiger partial charge in [0, 0.05) is 12.8 Å². The third kappa shape index (κ3) is 3.53. The van der Waals surface area contributed by atoms with Crippen LogP contribution in [-0.2, 0) is 19.3 Å². The summed E-state index contributed by atoms with van der Waals surface area (Å²) in [6, 6.07) is 9.54. The normalized spacial score (nSPS) is 10.6. The summed E-state index contributed by atoms with van der Waals surface area (Å²) in [4.78, 5) is 0. The SMILES string of the molecule is CCCc1ccc(CCc2ccc(O)c(OC)c2)o1. The number of furan rings is 1. The van der Waals surface area contributed by atoms with Gasteiger partial charge in [-0.2, -0.15) is 0 Å². The zero-order chi connectivity index (χ0) is 13.7. The van der Waals surface area contributed by atoms with Crippen molar-refractivity contribution in [1.29, 1.82) is 0 Å². The minimum Gasteiger partial charge on any atom is -0.504 e. The van der Waals surface area contributed by atoms with Crippen molar-refractivity contribution in [2.45, 2.75) is 32.6 Å². The molecule has 1 aromatic heterocycles. The summed E-state index contributed by atoms with van der Waals surface area (Å²) in [6.45, 7) is 2.14. The minimum atomic E-state index is 0.175. The van der Waals surface area contributed by atoms with Gasteiger partial charge < -0.3 is 14.3 Å². The first kappa shape index (κ1) is 13.5. The van der Waals surface area contributed by atoms with Crippen LogP contribution in [0.5, 0.6) is 11.5 Å². The van der Waals surface area contributed by atoms with Gasteiger partial charge in [-0.3, -0.25) is 0 Å². The number of hydrogen-bond acceptors (Lipinski definition) is 3. The lowest BCUT2D eigenvalue weighted by Gasteiger charge is -2.06. The maximum atomic E-state index is 9.54. The highest BCUT2D eigenvalue weighted by molar-refractivity contribution is 5.41. The monoisotopic (exact) mass is 260 g/mol. The van der Waals surface area contributed by atoms with E-state index in [0.717, 1.165) is 42.8 Å². The number of aryl methyl sites for hydroxylation is 3. The Morgan fingerprint density at radius 2 is 1.79 bits per heavy atom. The molecule has 0 saturated heterocycles. The molecule has 0 aliphatic carbocycles. The van der Waals surface area contributed by atoms with Crippen LogP contribution in [0, 0.1) is 0 Å². The summed E-state index contributed by atoms with van der Waals surface area (Å²) in [6.07, 6.45) is 3.82. The van der Waals surface area contributed by atoms with Gasteiger partial charge in [-0.25, -0.2) is 0 Å². The van der Waals surface area contributed by atoms with Crippen molar-refractivity contribution in [2.75, 3.05) is 7.11 Å². The van der Waals surface area contributed by atoms with E-state index >= 15 is 0 Å². The molecule has 0 aliphatic heterocycles. The van der Waals surface area contributed by atoms with Crippen LogP contribution in [0.15, 0.2) is 34.7 Å². The maximum Gasteiger partial charge on any atom is 0.160 e. The number of benzene rings is 1. The Morgan fingerprint density at radius 1 is 1.05 bits per heavy atom. The Morgan fingerprint density at radius 3 is 2.47 bits per heavy atom. The molecule has 0 fully saturated rings. The third-order valence-electron chi connectivity index (χ3n) is 3.12. The summed E-state index contributed by atoms with van der Waals surface area (Å²) in [7, 11) is 1.56. The summed E-state index contributed by atoms with van der Waals surface area (Å²) in [5.41, 5.74) is 1.13. The Hall–Kier alpha value is -1.90. The van der Waals surface area contributed by atoms with Crippen molar-refractivity contribution >= 4 is 0 Å². The van der Waals surface area contributed by atoms with Crippen LogP contribution in [0.3, 0.4) is 0 Å². The van der Waals surface area contributed by atoms with Gasteiger partial charge in [0.2, 0.25) is 0 Å². The minimum absolute atomic E-state index is 0.175. The molecular formula is C16H20O3. The van der Waals surface area contributed by atoms with Crippen molar-refractivity contribution in [3.05, 3.63) is 47.4 Å². The predicted molar refractivity (Wildman–Crippen MR) is 74.8 cm³/mol. The van der Waals surface area contributed by atoms with E-state index in [1.54, 1.807) is 13.2 Å². The molecule has 1 aromatic carbocycles. The standard InChI is InChI=1S/C16H20O3/c1-3-4-13-8-9-14(19-13)7-5-12-6-10-15(17)16(11-12)18-2/h6,8-11,17H,3-5,7H2,1-2H3. The lowest BCUT2D eigenvalue weighted by atomic mass is 10.1. The van der Waals surface area contributed by atoms with Crippen LogP contribution in [0.4, 0.5) is 0 Å². The van der Waals surface area contributed by atoms with Gasteiger partial charge in [0.05, 0.1) is 7.11 Å². The van der Waals surface area contributed by atoms with Gasteiger partial charge in [0.1, 0.15) is 11.5 Å². The molecule has 0 radical (unpaired) electrons. The maximum absolute atomic E-state index is 9.54. The lowest BCUT2D eigenvalue weighted by Crippen LogP contribution is -1.91. The molecule has 0 saturated carbocycles.